The molecule has 2 N–H and O–H groups in total. The van der Waals surface area contributed by atoms with Crippen LogP contribution in [0.25, 0.3) is 11.4 Å². The largest absolute Gasteiger partial charge is 0.496 e. The maximum Gasteiger partial charge on any atom is 0.141 e. The maximum absolute atomic E-state index is 5.98. The van der Waals surface area contributed by atoms with Crippen LogP contribution in [-0.4, -0.2) is 24.1 Å². The zero-order valence-corrected chi connectivity index (χ0v) is 10.5. The Morgan fingerprint density at radius 1 is 1.47 bits per heavy atom. The predicted molar refractivity (Wildman–Crippen MR) is 68.3 cm³/mol. The first-order valence-electron chi connectivity index (χ1n) is 5.27. The number of nitrogens with zero attached hydrogens (tertiary/aromatic N) is 1. The van der Waals surface area contributed by atoms with Crippen molar-refractivity contribution in [3.63, 3.8) is 0 Å². The highest BCUT2D eigenvalue weighted by Gasteiger charge is 2.10. The number of aromatic nitrogens is 2. The minimum Gasteiger partial charge on any atom is -0.496 e. The average Bonchev–Trinajstić information content (AvgIpc) is 2.78. The lowest BCUT2D eigenvalue weighted by molar-refractivity contribution is 0.416. The molecule has 0 atom stereocenters. The molecule has 0 spiro atoms. The highest BCUT2D eigenvalue weighted by molar-refractivity contribution is 6.30. The molecular weight excluding hydrogens is 238 g/mol. The first-order valence-corrected chi connectivity index (χ1v) is 5.64. The summed E-state index contributed by atoms with van der Waals surface area (Å²) < 4.78 is 5.29. The molecule has 0 aliphatic carbocycles. The number of imidazole rings is 1. The van der Waals surface area contributed by atoms with Crippen LogP contribution >= 0.6 is 11.6 Å². The number of ether oxygens (including phenoxy) is 1. The fourth-order valence-electron chi connectivity index (χ4n) is 1.64. The molecule has 0 amide bonds. The summed E-state index contributed by atoms with van der Waals surface area (Å²) in [6.45, 7) is 0.746. The second-order valence-corrected chi connectivity index (χ2v) is 4.07. The van der Waals surface area contributed by atoms with E-state index in [4.69, 9.17) is 16.3 Å². The van der Waals surface area contributed by atoms with Crippen LogP contribution in [0.2, 0.25) is 5.02 Å². The lowest BCUT2D eigenvalue weighted by Gasteiger charge is -2.06. The number of nitrogens with one attached hydrogen (secondary N) is 2. The highest BCUT2D eigenvalue weighted by Crippen LogP contribution is 2.30. The summed E-state index contributed by atoms with van der Waals surface area (Å²) in [7, 11) is 3.52. The van der Waals surface area contributed by atoms with Gasteiger partial charge in [-0.05, 0) is 25.2 Å². The molecule has 0 saturated heterocycles. The molecule has 2 rings (SSSR count). The van der Waals surface area contributed by atoms with Gasteiger partial charge in [0.05, 0.1) is 12.7 Å². The summed E-state index contributed by atoms with van der Waals surface area (Å²) in [6.07, 6.45) is 1.80. The average molecular weight is 252 g/mol. The van der Waals surface area contributed by atoms with Gasteiger partial charge in [0.25, 0.3) is 0 Å². The van der Waals surface area contributed by atoms with E-state index in [2.05, 4.69) is 15.3 Å². The molecule has 0 unspecified atom stereocenters. The Hall–Kier alpha value is -1.52. The van der Waals surface area contributed by atoms with Gasteiger partial charge in [0.1, 0.15) is 11.6 Å². The number of H-pyrrole nitrogens is 1. The number of methoxy groups -OCH3 is 1. The smallest absolute Gasteiger partial charge is 0.141 e. The minimum absolute atomic E-state index is 0.660. The highest BCUT2D eigenvalue weighted by atomic mass is 35.5. The standard InChI is InChI=1S/C12H14ClN3O/c1-14-6-9-7-15-12(16-9)10-5-8(13)3-4-11(10)17-2/h3-5,7,14H,6H2,1-2H3,(H,15,16). The van der Waals surface area contributed by atoms with Gasteiger partial charge < -0.3 is 15.0 Å². The Balaban J connectivity index is 2.40. The van der Waals surface area contributed by atoms with E-state index in [-0.39, 0.29) is 0 Å². The van der Waals surface area contributed by atoms with Gasteiger partial charge in [-0.15, -0.1) is 0 Å². The molecule has 17 heavy (non-hydrogen) atoms. The zero-order valence-electron chi connectivity index (χ0n) is 9.75. The van der Waals surface area contributed by atoms with Crippen LogP contribution in [0.1, 0.15) is 5.69 Å². The van der Waals surface area contributed by atoms with Gasteiger partial charge >= 0.3 is 0 Å². The summed E-state index contributed by atoms with van der Waals surface area (Å²) in [5.74, 6) is 1.51. The van der Waals surface area contributed by atoms with Crippen molar-refractivity contribution in [2.75, 3.05) is 14.2 Å². The molecule has 5 heteroatoms. The van der Waals surface area contributed by atoms with Crippen molar-refractivity contribution in [1.29, 1.82) is 0 Å². The fourth-order valence-corrected chi connectivity index (χ4v) is 1.81. The van der Waals surface area contributed by atoms with E-state index >= 15 is 0 Å². The first-order chi connectivity index (χ1) is 8.24. The third-order valence-corrected chi connectivity index (χ3v) is 2.65. The van der Waals surface area contributed by atoms with Gasteiger partial charge in [-0.2, -0.15) is 0 Å². The molecule has 0 radical (unpaired) electrons. The Morgan fingerprint density at radius 2 is 2.29 bits per heavy atom. The Morgan fingerprint density at radius 3 is 3.00 bits per heavy atom. The van der Waals surface area contributed by atoms with E-state index in [9.17, 15) is 0 Å². The van der Waals surface area contributed by atoms with Crippen LogP contribution in [-0.2, 0) is 6.54 Å². The lowest BCUT2D eigenvalue weighted by atomic mass is 10.2. The second kappa shape index (κ2) is 5.21. The number of hydrogen-bond acceptors (Lipinski definition) is 3. The minimum atomic E-state index is 0.660. The summed E-state index contributed by atoms with van der Waals surface area (Å²) in [5, 5.41) is 3.72. The van der Waals surface area contributed by atoms with Crippen LogP contribution < -0.4 is 10.1 Å². The molecule has 0 aliphatic heterocycles. The molecule has 90 valence electrons. The van der Waals surface area contributed by atoms with Gasteiger partial charge in [-0.25, -0.2) is 4.98 Å². The Bertz CT molecular complexity index is 510. The van der Waals surface area contributed by atoms with E-state index in [0.29, 0.717) is 5.02 Å². The van der Waals surface area contributed by atoms with Crippen LogP contribution in [0, 0.1) is 0 Å². The van der Waals surface area contributed by atoms with Gasteiger partial charge in [-0.3, -0.25) is 0 Å². The monoisotopic (exact) mass is 251 g/mol. The second-order valence-electron chi connectivity index (χ2n) is 3.63. The molecule has 2 aromatic rings. The molecule has 0 fully saturated rings. The number of hydrogen-bond donors (Lipinski definition) is 2. The van der Waals surface area contributed by atoms with E-state index in [0.717, 1.165) is 29.4 Å². The molecule has 0 saturated carbocycles. The van der Waals surface area contributed by atoms with Crippen molar-refractivity contribution >= 4 is 11.6 Å². The summed E-state index contributed by atoms with van der Waals surface area (Å²) >= 11 is 5.98. The van der Waals surface area contributed by atoms with Crippen LogP contribution in [0.5, 0.6) is 5.75 Å². The van der Waals surface area contributed by atoms with E-state index in [1.807, 2.05) is 19.2 Å². The molecule has 1 aromatic carbocycles. The van der Waals surface area contributed by atoms with E-state index in [1.54, 1.807) is 19.4 Å². The van der Waals surface area contributed by atoms with Crippen molar-refractivity contribution in [2.24, 2.45) is 0 Å². The molecule has 1 heterocycles. The Kier molecular flexibility index (Phi) is 3.66. The number of benzene rings is 1. The summed E-state index contributed by atoms with van der Waals surface area (Å²) in [5.41, 5.74) is 1.88. The van der Waals surface area contributed by atoms with Crippen molar-refractivity contribution in [1.82, 2.24) is 15.3 Å². The number of halogens is 1. The fraction of sp³-hybridized carbons (Fsp3) is 0.250. The van der Waals surface area contributed by atoms with Crippen LogP contribution in [0.3, 0.4) is 0 Å². The van der Waals surface area contributed by atoms with Crippen molar-refractivity contribution in [3.05, 3.63) is 35.1 Å². The van der Waals surface area contributed by atoms with Crippen molar-refractivity contribution < 1.29 is 4.74 Å². The van der Waals surface area contributed by atoms with Crippen LogP contribution in [0.15, 0.2) is 24.4 Å². The van der Waals surface area contributed by atoms with E-state index in [1.165, 1.54) is 0 Å². The third kappa shape index (κ3) is 2.60. The maximum atomic E-state index is 5.98. The van der Waals surface area contributed by atoms with E-state index < -0.39 is 0 Å². The van der Waals surface area contributed by atoms with Gasteiger partial charge in [-0.1, -0.05) is 11.6 Å². The number of aromatic amines is 1. The van der Waals surface area contributed by atoms with Gasteiger partial charge in [0.15, 0.2) is 0 Å². The quantitative estimate of drug-likeness (QED) is 0.878. The topological polar surface area (TPSA) is 49.9 Å². The Labute approximate surface area is 105 Å². The predicted octanol–water partition coefficient (Wildman–Crippen LogP) is 2.46. The molecule has 4 nitrogen and oxygen atoms in total. The molecule has 1 aromatic heterocycles. The van der Waals surface area contributed by atoms with Crippen LogP contribution in [0.4, 0.5) is 0 Å². The van der Waals surface area contributed by atoms with Crippen molar-refractivity contribution in [2.45, 2.75) is 6.54 Å². The lowest BCUT2D eigenvalue weighted by Crippen LogP contribution is -2.04. The van der Waals surface area contributed by atoms with Gasteiger partial charge in [0, 0.05) is 23.5 Å². The SMILES string of the molecule is CNCc1cnc(-c2cc(Cl)ccc2OC)[nH]1. The zero-order chi connectivity index (χ0) is 12.3. The molecule has 0 aliphatic rings. The number of rotatable bonds is 4. The van der Waals surface area contributed by atoms with Crippen molar-refractivity contribution in [3.8, 4) is 17.1 Å². The third-order valence-electron chi connectivity index (χ3n) is 2.41. The normalized spacial score (nSPS) is 10.5. The first kappa shape index (κ1) is 12.0. The molecule has 0 bridgehead atoms. The van der Waals surface area contributed by atoms with Gasteiger partial charge in [0.2, 0.25) is 0 Å². The summed E-state index contributed by atoms with van der Waals surface area (Å²) in [4.78, 5) is 7.54. The summed E-state index contributed by atoms with van der Waals surface area (Å²) in [6, 6.07) is 5.46. The molecular formula is C12H14ClN3O.